The highest BCUT2D eigenvalue weighted by Gasteiger charge is 2.23. The van der Waals surface area contributed by atoms with Crippen LogP contribution in [0.15, 0.2) is 36.4 Å². The average molecular weight is 347 g/mol. The Morgan fingerprint density at radius 2 is 1.71 bits per heavy atom. The number of halogens is 4. The fourth-order valence-electron chi connectivity index (χ4n) is 2.19. The normalized spacial score (nSPS) is 12.4. The van der Waals surface area contributed by atoms with Crippen LogP contribution >= 0.6 is 34.8 Å². The van der Waals surface area contributed by atoms with Gasteiger partial charge in [0.15, 0.2) is 0 Å². The summed E-state index contributed by atoms with van der Waals surface area (Å²) < 4.78 is 14.2. The molecule has 0 amide bonds. The van der Waals surface area contributed by atoms with E-state index in [0.29, 0.717) is 32.7 Å². The van der Waals surface area contributed by atoms with Gasteiger partial charge in [0.25, 0.3) is 0 Å². The maximum Gasteiger partial charge on any atom is 0.129 e. The lowest BCUT2D eigenvalue weighted by Gasteiger charge is -2.22. The van der Waals surface area contributed by atoms with Gasteiger partial charge in [0.1, 0.15) is 5.82 Å². The third-order valence-electron chi connectivity index (χ3n) is 3.18. The predicted octanol–water partition coefficient (Wildman–Crippen LogP) is 5.87. The van der Waals surface area contributed by atoms with Crippen LogP contribution in [0.4, 0.5) is 4.39 Å². The third kappa shape index (κ3) is 3.70. The molecule has 0 aliphatic carbocycles. The second-order valence-corrected chi connectivity index (χ2v) is 5.86. The van der Waals surface area contributed by atoms with Gasteiger partial charge in [-0.3, -0.25) is 0 Å². The first-order valence-electron chi connectivity index (χ1n) is 6.67. The SMILES string of the molecule is CCCNC(c1cccc(Cl)c1Cl)c1c(F)cccc1Cl. The van der Waals surface area contributed by atoms with Gasteiger partial charge >= 0.3 is 0 Å². The Labute approximate surface area is 139 Å². The van der Waals surface area contributed by atoms with Crippen molar-refractivity contribution in [1.82, 2.24) is 5.32 Å². The number of benzene rings is 2. The Hall–Kier alpha value is -0.800. The second kappa shape index (κ2) is 7.46. The van der Waals surface area contributed by atoms with E-state index in [1.54, 1.807) is 24.3 Å². The van der Waals surface area contributed by atoms with Gasteiger partial charge in [0.2, 0.25) is 0 Å². The Morgan fingerprint density at radius 1 is 1.05 bits per heavy atom. The maximum atomic E-state index is 14.2. The maximum absolute atomic E-state index is 14.2. The Balaban J connectivity index is 2.55. The average Bonchev–Trinajstić information content (AvgIpc) is 2.45. The molecule has 0 bridgehead atoms. The first-order valence-corrected chi connectivity index (χ1v) is 7.80. The molecule has 0 fully saturated rings. The summed E-state index contributed by atoms with van der Waals surface area (Å²) in [6, 6.07) is 9.51. The van der Waals surface area contributed by atoms with Crippen molar-refractivity contribution >= 4 is 34.8 Å². The van der Waals surface area contributed by atoms with Gasteiger partial charge in [0, 0.05) is 10.6 Å². The molecule has 0 saturated heterocycles. The van der Waals surface area contributed by atoms with E-state index in [2.05, 4.69) is 5.32 Å². The van der Waals surface area contributed by atoms with E-state index in [0.717, 1.165) is 6.42 Å². The summed E-state index contributed by atoms with van der Waals surface area (Å²) in [7, 11) is 0. The lowest BCUT2D eigenvalue weighted by Crippen LogP contribution is -2.24. The molecule has 1 N–H and O–H groups in total. The van der Waals surface area contributed by atoms with Gasteiger partial charge < -0.3 is 5.32 Å². The van der Waals surface area contributed by atoms with Gasteiger partial charge in [-0.05, 0) is 36.7 Å². The Morgan fingerprint density at radius 3 is 2.38 bits per heavy atom. The van der Waals surface area contributed by atoms with E-state index in [1.165, 1.54) is 6.07 Å². The highest BCUT2D eigenvalue weighted by Crippen LogP contribution is 2.36. The van der Waals surface area contributed by atoms with Crippen LogP contribution in [0.5, 0.6) is 0 Å². The molecule has 21 heavy (non-hydrogen) atoms. The third-order valence-corrected chi connectivity index (χ3v) is 4.34. The number of hydrogen-bond donors (Lipinski definition) is 1. The topological polar surface area (TPSA) is 12.0 Å². The van der Waals surface area contributed by atoms with Crippen LogP contribution in [0, 0.1) is 5.82 Å². The molecule has 1 atom stereocenters. The fourth-order valence-corrected chi connectivity index (χ4v) is 2.88. The van der Waals surface area contributed by atoms with E-state index in [1.807, 2.05) is 13.0 Å². The van der Waals surface area contributed by atoms with E-state index >= 15 is 0 Å². The van der Waals surface area contributed by atoms with Crippen LogP contribution in [-0.4, -0.2) is 6.54 Å². The Kier molecular flexibility index (Phi) is 5.88. The molecule has 0 aliphatic heterocycles. The summed E-state index contributed by atoms with van der Waals surface area (Å²) in [5, 5.41) is 4.49. The number of nitrogens with one attached hydrogen (secondary N) is 1. The summed E-state index contributed by atoms with van der Waals surface area (Å²) in [5.74, 6) is -0.368. The lowest BCUT2D eigenvalue weighted by molar-refractivity contribution is 0.547. The molecule has 0 aliphatic rings. The second-order valence-electron chi connectivity index (χ2n) is 4.67. The molecule has 0 heterocycles. The van der Waals surface area contributed by atoms with Crippen molar-refractivity contribution in [2.45, 2.75) is 19.4 Å². The van der Waals surface area contributed by atoms with Crippen molar-refractivity contribution in [3.63, 3.8) is 0 Å². The molecule has 112 valence electrons. The molecule has 5 heteroatoms. The lowest BCUT2D eigenvalue weighted by atomic mass is 9.97. The summed E-state index contributed by atoms with van der Waals surface area (Å²) in [6.45, 7) is 2.74. The van der Waals surface area contributed by atoms with Gasteiger partial charge in [-0.1, -0.05) is 59.9 Å². The minimum absolute atomic E-state index is 0.361. The fraction of sp³-hybridized carbons (Fsp3) is 0.250. The zero-order valence-corrected chi connectivity index (χ0v) is 13.7. The van der Waals surface area contributed by atoms with Crippen molar-refractivity contribution in [3.05, 3.63) is 68.4 Å². The monoisotopic (exact) mass is 345 g/mol. The molecule has 2 aromatic rings. The molecular formula is C16H15Cl3FN. The van der Waals surface area contributed by atoms with E-state index in [4.69, 9.17) is 34.8 Å². The van der Waals surface area contributed by atoms with Crippen molar-refractivity contribution < 1.29 is 4.39 Å². The molecule has 2 aromatic carbocycles. The molecule has 0 spiro atoms. The van der Waals surface area contributed by atoms with Crippen LogP contribution in [0.25, 0.3) is 0 Å². The van der Waals surface area contributed by atoms with Crippen LogP contribution in [0.2, 0.25) is 15.1 Å². The van der Waals surface area contributed by atoms with Crippen LogP contribution in [0.1, 0.15) is 30.5 Å². The van der Waals surface area contributed by atoms with Crippen molar-refractivity contribution in [3.8, 4) is 0 Å². The molecule has 0 radical (unpaired) electrons. The quantitative estimate of drug-likeness (QED) is 0.713. The zero-order valence-electron chi connectivity index (χ0n) is 11.5. The van der Waals surface area contributed by atoms with Crippen molar-refractivity contribution in [1.29, 1.82) is 0 Å². The highest BCUT2D eigenvalue weighted by molar-refractivity contribution is 6.42. The van der Waals surface area contributed by atoms with Gasteiger partial charge in [-0.25, -0.2) is 4.39 Å². The molecule has 0 saturated carbocycles. The molecule has 1 nitrogen and oxygen atoms in total. The smallest absolute Gasteiger partial charge is 0.129 e. The standard InChI is InChI=1S/C16H15Cl3FN/c1-2-9-21-16(10-5-3-7-12(18)15(10)19)14-11(17)6-4-8-13(14)20/h3-8,16,21H,2,9H2,1H3. The number of hydrogen-bond acceptors (Lipinski definition) is 1. The van der Waals surface area contributed by atoms with Crippen LogP contribution in [-0.2, 0) is 0 Å². The minimum atomic E-state index is -0.440. The number of rotatable bonds is 5. The zero-order chi connectivity index (χ0) is 15.4. The van der Waals surface area contributed by atoms with E-state index in [-0.39, 0.29) is 5.82 Å². The Bertz CT molecular complexity index is 611. The first kappa shape index (κ1) is 16.6. The molecule has 0 aromatic heterocycles. The summed E-state index contributed by atoms with van der Waals surface area (Å²) in [6.07, 6.45) is 0.904. The van der Waals surface area contributed by atoms with E-state index < -0.39 is 6.04 Å². The van der Waals surface area contributed by atoms with Crippen molar-refractivity contribution in [2.24, 2.45) is 0 Å². The molecule has 1 unspecified atom stereocenters. The molecule has 2 rings (SSSR count). The summed E-state index contributed by atoms with van der Waals surface area (Å²) in [5.41, 5.74) is 1.10. The van der Waals surface area contributed by atoms with Crippen molar-refractivity contribution in [2.75, 3.05) is 6.54 Å². The largest absolute Gasteiger partial charge is 0.306 e. The van der Waals surface area contributed by atoms with Gasteiger partial charge in [-0.2, -0.15) is 0 Å². The first-order chi connectivity index (χ1) is 10.1. The highest BCUT2D eigenvalue weighted by atomic mass is 35.5. The predicted molar refractivity (Wildman–Crippen MR) is 88.0 cm³/mol. The van der Waals surface area contributed by atoms with Crippen LogP contribution in [0.3, 0.4) is 0 Å². The molecular weight excluding hydrogens is 332 g/mol. The van der Waals surface area contributed by atoms with Gasteiger partial charge in [-0.15, -0.1) is 0 Å². The summed E-state index contributed by atoms with van der Waals surface area (Å²) >= 11 is 18.5. The van der Waals surface area contributed by atoms with Crippen LogP contribution < -0.4 is 5.32 Å². The minimum Gasteiger partial charge on any atom is -0.306 e. The summed E-state index contributed by atoms with van der Waals surface area (Å²) in [4.78, 5) is 0. The van der Waals surface area contributed by atoms with E-state index in [9.17, 15) is 4.39 Å². The van der Waals surface area contributed by atoms with Gasteiger partial charge in [0.05, 0.1) is 16.1 Å².